The first-order valence-corrected chi connectivity index (χ1v) is 4.05. The average molecular weight is 184 g/mol. The number of nitrogens with two attached hydrogens (primary N) is 1. The summed E-state index contributed by atoms with van der Waals surface area (Å²) in [5, 5.41) is 7.28. The first kappa shape index (κ1) is 8.99. The molecular formula is C7H12N4S. The smallest absolute Gasteiger partial charge is 0.164 e. The van der Waals surface area contributed by atoms with Gasteiger partial charge in [0, 0.05) is 18.8 Å². The maximum Gasteiger partial charge on any atom is 0.164 e. The van der Waals surface area contributed by atoms with Gasteiger partial charge in [-0.1, -0.05) is 0 Å². The maximum atomic E-state index is 5.33. The van der Waals surface area contributed by atoms with Gasteiger partial charge in [0.25, 0.3) is 0 Å². The molecular weight excluding hydrogens is 172 g/mol. The van der Waals surface area contributed by atoms with Crippen LogP contribution in [0.15, 0.2) is 12.4 Å². The second-order valence-electron chi connectivity index (χ2n) is 2.68. The van der Waals surface area contributed by atoms with E-state index in [0.29, 0.717) is 5.11 Å². The summed E-state index contributed by atoms with van der Waals surface area (Å²) in [6, 6.07) is 0.121. The Hall–Kier alpha value is -1.10. The lowest BCUT2D eigenvalue weighted by molar-refractivity contribution is 0.715. The molecule has 0 aromatic carbocycles. The molecule has 0 spiro atoms. The minimum absolute atomic E-state index is 0.121. The number of rotatable bonds is 2. The lowest BCUT2D eigenvalue weighted by atomic mass is 10.2. The highest BCUT2D eigenvalue weighted by atomic mass is 32.1. The predicted molar refractivity (Wildman–Crippen MR) is 51.5 cm³/mol. The van der Waals surface area contributed by atoms with Crippen molar-refractivity contribution >= 4 is 17.3 Å². The van der Waals surface area contributed by atoms with E-state index in [0.717, 1.165) is 5.56 Å². The molecule has 0 amide bonds. The van der Waals surface area contributed by atoms with Crippen LogP contribution >= 0.6 is 12.2 Å². The molecule has 66 valence electrons. The van der Waals surface area contributed by atoms with Gasteiger partial charge in [-0.25, -0.2) is 0 Å². The van der Waals surface area contributed by atoms with Crippen molar-refractivity contribution in [3.63, 3.8) is 0 Å². The third-order valence-corrected chi connectivity index (χ3v) is 1.70. The Kier molecular flexibility index (Phi) is 2.65. The summed E-state index contributed by atoms with van der Waals surface area (Å²) in [6.45, 7) is 1.98. The van der Waals surface area contributed by atoms with Crippen LogP contribution in [0.5, 0.6) is 0 Å². The van der Waals surface area contributed by atoms with Crippen molar-refractivity contribution in [2.75, 3.05) is 0 Å². The molecule has 1 aromatic rings. The van der Waals surface area contributed by atoms with Crippen molar-refractivity contribution in [3.05, 3.63) is 18.0 Å². The Morgan fingerprint density at radius 1 is 1.83 bits per heavy atom. The number of thiocarbonyl (C=S) groups is 1. The van der Waals surface area contributed by atoms with Gasteiger partial charge >= 0.3 is 0 Å². The number of nitrogens with one attached hydrogen (secondary N) is 1. The molecule has 0 saturated heterocycles. The van der Waals surface area contributed by atoms with Crippen molar-refractivity contribution in [1.29, 1.82) is 0 Å². The Bertz CT molecular complexity index is 281. The lowest BCUT2D eigenvalue weighted by Gasteiger charge is -2.10. The topological polar surface area (TPSA) is 55.9 Å². The molecule has 1 aromatic heterocycles. The highest BCUT2D eigenvalue weighted by molar-refractivity contribution is 7.80. The number of aromatic nitrogens is 2. The first-order valence-electron chi connectivity index (χ1n) is 3.64. The molecule has 3 N–H and O–H groups in total. The average Bonchev–Trinajstić information content (AvgIpc) is 2.34. The fraction of sp³-hybridized carbons (Fsp3) is 0.429. The molecule has 1 unspecified atom stereocenters. The fourth-order valence-corrected chi connectivity index (χ4v) is 1.14. The standard InChI is InChI=1S/C7H12N4S/c1-5(10-7(8)12)6-3-9-11(2)4-6/h3-5H,1-2H3,(H3,8,10,12). The monoisotopic (exact) mass is 184 g/mol. The van der Waals surface area contributed by atoms with E-state index in [1.165, 1.54) is 0 Å². The number of hydrogen-bond acceptors (Lipinski definition) is 2. The van der Waals surface area contributed by atoms with Crippen LogP contribution in [0.25, 0.3) is 0 Å². The zero-order valence-corrected chi connectivity index (χ0v) is 7.93. The van der Waals surface area contributed by atoms with Crippen LogP contribution in [0.2, 0.25) is 0 Å². The molecule has 12 heavy (non-hydrogen) atoms. The molecule has 0 radical (unpaired) electrons. The molecule has 1 heterocycles. The Labute approximate surface area is 76.7 Å². The molecule has 5 heteroatoms. The highest BCUT2D eigenvalue weighted by Gasteiger charge is 2.06. The van der Waals surface area contributed by atoms with Gasteiger partial charge < -0.3 is 11.1 Å². The van der Waals surface area contributed by atoms with Crippen LogP contribution in [0.1, 0.15) is 18.5 Å². The van der Waals surface area contributed by atoms with Gasteiger partial charge in [-0.15, -0.1) is 0 Å². The largest absolute Gasteiger partial charge is 0.376 e. The van der Waals surface area contributed by atoms with E-state index in [1.807, 2.05) is 20.2 Å². The second kappa shape index (κ2) is 3.53. The van der Waals surface area contributed by atoms with E-state index in [1.54, 1.807) is 10.9 Å². The molecule has 1 atom stereocenters. The Balaban J connectivity index is 2.64. The maximum absolute atomic E-state index is 5.33. The van der Waals surface area contributed by atoms with Crippen LogP contribution in [-0.2, 0) is 7.05 Å². The zero-order valence-electron chi connectivity index (χ0n) is 7.11. The predicted octanol–water partition coefficient (Wildman–Crippen LogP) is 0.314. The van der Waals surface area contributed by atoms with E-state index in [-0.39, 0.29) is 6.04 Å². The van der Waals surface area contributed by atoms with Gasteiger partial charge in [0.15, 0.2) is 5.11 Å². The molecule has 0 bridgehead atoms. The van der Waals surface area contributed by atoms with Gasteiger partial charge in [0.05, 0.1) is 12.2 Å². The van der Waals surface area contributed by atoms with Crippen molar-refractivity contribution in [3.8, 4) is 0 Å². The van der Waals surface area contributed by atoms with Crippen molar-refractivity contribution in [2.45, 2.75) is 13.0 Å². The van der Waals surface area contributed by atoms with Crippen molar-refractivity contribution in [1.82, 2.24) is 15.1 Å². The van der Waals surface area contributed by atoms with Gasteiger partial charge in [-0.3, -0.25) is 4.68 Å². The molecule has 0 saturated carbocycles. The number of hydrogen-bond donors (Lipinski definition) is 2. The van der Waals surface area contributed by atoms with Crippen molar-refractivity contribution < 1.29 is 0 Å². The summed E-state index contributed by atoms with van der Waals surface area (Å²) in [5.41, 5.74) is 6.40. The fourth-order valence-electron chi connectivity index (χ4n) is 0.960. The van der Waals surface area contributed by atoms with E-state index in [4.69, 9.17) is 18.0 Å². The summed E-state index contributed by atoms with van der Waals surface area (Å²) in [5.74, 6) is 0. The van der Waals surface area contributed by atoms with Crippen LogP contribution in [0, 0.1) is 0 Å². The van der Waals surface area contributed by atoms with Crippen molar-refractivity contribution in [2.24, 2.45) is 12.8 Å². The third-order valence-electron chi connectivity index (χ3n) is 1.58. The van der Waals surface area contributed by atoms with Crippen LogP contribution in [0.4, 0.5) is 0 Å². The van der Waals surface area contributed by atoms with Crippen LogP contribution in [0.3, 0.4) is 0 Å². The molecule has 1 rings (SSSR count). The Morgan fingerprint density at radius 3 is 2.92 bits per heavy atom. The Morgan fingerprint density at radius 2 is 2.50 bits per heavy atom. The first-order chi connectivity index (χ1) is 5.59. The second-order valence-corrected chi connectivity index (χ2v) is 3.12. The van der Waals surface area contributed by atoms with Crippen LogP contribution < -0.4 is 11.1 Å². The zero-order chi connectivity index (χ0) is 9.14. The SMILES string of the molecule is CC(NC(N)=S)c1cnn(C)c1. The quantitative estimate of drug-likeness (QED) is 0.650. The van der Waals surface area contributed by atoms with E-state index >= 15 is 0 Å². The molecule has 0 aliphatic rings. The highest BCUT2D eigenvalue weighted by Crippen LogP contribution is 2.09. The normalized spacial score (nSPS) is 12.5. The lowest BCUT2D eigenvalue weighted by Crippen LogP contribution is -2.31. The summed E-state index contributed by atoms with van der Waals surface area (Å²) in [4.78, 5) is 0. The number of nitrogens with zero attached hydrogens (tertiary/aromatic N) is 2. The summed E-state index contributed by atoms with van der Waals surface area (Å²) < 4.78 is 1.74. The molecule has 0 aliphatic carbocycles. The van der Waals surface area contributed by atoms with Gasteiger partial charge in [-0.05, 0) is 19.1 Å². The summed E-state index contributed by atoms with van der Waals surface area (Å²) >= 11 is 4.72. The van der Waals surface area contributed by atoms with E-state index < -0.39 is 0 Å². The summed E-state index contributed by atoms with van der Waals surface area (Å²) in [7, 11) is 1.87. The third kappa shape index (κ3) is 2.20. The van der Waals surface area contributed by atoms with Gasteiger partial charge in [0.1, 0.15) is 0 Å². The summed E-state index contributed by atoms with van der Waals surface area (Å²) in [6.07, 6.45) is 3.71. The minimum atomic E-state index is 0.121. The number of aryl methyl sites for hydroxylation is 1. The van der Waals surface area contributed by atoms with Crippen LogP contribution in [-0.4, -0.2) is 14.9 Å². The molecule has 0 fully saturated rings. The van der Waals surface area contributed by atoms with Gasteiger partial charge in [0.2, 0.25) is 0 Å². The van der Waals surface area contributed by atoms with E-state index in [2.05, 4.69) is 10.4 Å². The minimum Gasteiger partial charge on any atom is -0.376 e. The van der Waals surface area contributed by atoms with E-state index in [9.17, 15) is 0 Å². The van der Waals surface area contributed by atoms with Gasteiger partial charge in [-0.2, -0.15) is 5.10 Å². The molecule has 4 nitrogen and oxygen atoms in total. The molecule has 0 aliphatic heterocycles.